The molecule has 3 rings (SSSR count). The van der Waals surface area contributed by atoms with Gasteiger partial charge in [0.25, 0.3) is 5.91 Å². The summed E-state index contributed by atoms with van der Waals surface area (Å²) in [7, 11) is 0. The van der Waals surface area contributed by atoms with E-state index in [9.17, 15) is 44.4 Å². The highest BCUT2D eigenvalue weighted by Gasteiger charge is 2.54. The lowest BCUT2D eigenvalue weighted by Crippen LogP contribution is -2.59. The van der Waals surface area contributed by atoms with Gasteiger partial charge in [-0.15, -0.1) is 11.8 Å². The summed E-state index contributed by atoms with van der Waals surface area (Å²) in [4.78, 5) is 63.6. The normalized spacial score (nSPS) is 28.9. The zero-order chi connectivity index (χ0) is 29.0. The van der Waals surface area contributed by atoms with Crippen molar-refractivity contribution in [3.8, 4) is 0 Å². The van der Waals surface area contributed by atoms with Crippen LogP contribution in [0.25, 0.3) is 0 Å². The molecule has 214 valence electrons. The minimum Gasteiger partial charge on any atom is -0.480 e. The average molecular weight is 569 g/mol. The maximum Gasteiger partial charge on any atom is 0.325 e. The fourth-order valence-corrected chi connectivity index (χ4v) is 5.70. The van der Waals surface area contributed by atoms with Crippen molar-refractivity contribution >= 4 is 41.4 Å². The van der Waals surface area contributed by atoms with Gasteiger partial charge in [0, 0.05) is 12.2 Å². The number of carboxylic acid groups (broad SMARTS) is 1. The van der Waals surface area contributed by atoms with E-state index < -0.39 is 83.6 Å². The molecule has 1 aromatic rings. The number of aliphatic hydroxyl groups excluding tert-OH is 4. The Hall–Kier alpha value is -3.24. The molecule has 9 atom stereocenters. The lowest BCUT2D eigenvalue weighted by molar-refractivity contribution is -0.151. The first kappa shape index (κ1) is 30.3. The molecule has 2 heterocycles. The molecule has 0 bridgehead atoms. The van der Waals surface area contributed by atoms with Crippen molar-refractivity contribution in [1.82, 2.24) is 20.9 Å². The van der Waals surface area contributed by atoms with Crippen LogP contribution in [-0.4, -0.2) is 120 Å². The summed E-state index contributed by atoms with van der Waals surface area (Å²) in [5.41, 5.74) is 0.663. The lowest BCUT2D eigenvalue weighted by Gasteiger charge is -2.31. The van der Waals surface area contributed by atoms with Gasteiger partial charge in [-0.1, -0.05) is 30.3 Å². The van der Waals surface area contributed by atoms with Crippen molar-refractivity contribution in [2.24, 2.45) is 0 Å². The van der Waals surface area contributed by atoms with Gasteiger partial charge in [0.15, 0.2) is 6.10 Å². The van der Waals surface area contributed by atoms with Gasteiger partial charge < -0.3 is 46.4 Å². The quantitative estimate of drug-likeness (QED) is 0.146. The third kappa shape index (κ3) is 6.86. The topological polar surface area (TPSA) is 226 Å². The highest BCUT2D eigenvalue weighted by Crippen LogP contribution is 2.36. The number of carboxylic acids is 1. The number of carbonyl (C=O) groups is 5. The molecule has 2 aliphatic heterocycles. The molecule has 1 aromatic carbocycles. The maximum absolute atomic E-state index is 13.3. The molecule has 0 aliphatic carbocycles. The molecule has 2 fully saturated rings. The summed E-state index contributed by atoms with van der Waals surface area (Å²) in [5, 5.41) is 55.9. The van der Waals surface area contributed by atoms with Crippen molar-refractivity contribution in [3.63, 3.8) is 0 Å². The Morgan fingerprint density at radius 2 is 1.54 bits per heavy atom. The monoisotopic (exact) mass is 568 g/mol. The zero-order valence-corrected chi connectivity index (χ0v) is 21.9. The van der Waals surface area contributed by atoms with E-state index in [0.29, 0.717) is 5.56 Å². The molecule has 15 heteroatoms. The van der Waals surface area contributed by atoms with Gasteiger partial charge in [0.1, 0.15) is 47.9 Å². The molecule has 4 amide bonds. The molecule has 8 N–H and O–H groups in total. The third-order valence-electron chi connectivity index (χ3n) is 6.56. The van der Waals surface area contributed by atoms with Crippen LogP contribution in [0.1, 0.15) is 19.4 Å². The highest BCUT2D eigenvalue weighted by atomic mass is 32.2. The average Bonchev–Trinajstić information content (AvgIpc) is 3.34. The minimum atomic E-state index is -2.08. The van der Waals surface area contributed by atoms with E-state index >= 15 is 0 Å². The number of nitrogens with one attached hydrogen (secondary N) is 3. The second kappa shape index (κ2) is 12.7. The van der Waals surface area contributed by atoms with Crippen molar-refractivity contribution in [2.45, 2.75) is 74.2 Å². The predicted molar refractivity (Wildman–Crippen MR) is 136 cm³/mol. The largest absolute Gasteiger partial charge is 0.480 e. The number of aliphatic hydroxyl groups is 4. The SMILES string of the molecule is C[C@H](NC(=O)[C@H](C)NC(=O)[C@H](Cc1ccccc1)NC(=O)[C@@H]1CS[C@@H]2[C@H](O)[C@@H](O)[C@H](O)[C@H](O)C(=O)N21)C(=O)O. The number of amides is 4. The van der Waals surface area contributed by atoms with Gasteiger partial charge in [-0.3, -0.25) is 24.0 Å². The number of thioether (sulfide) groups is 1. The highest BCUT2D eigenvalue weighted by molar-refractivity contribution is 8.00. The molecule has 14 nitrogen and oxygen atoms in total. The van der Waals surface area contributed by atoms with Crippen LogP contribution in [0.15, 0.2) is 30.3 Å². The van der Waals surface area contributed by atoms with Gasteiger partial charge in [-0.05, 0) is 19.4 Å². The number of aliphatic carboxylic acids is 1. The summed E-state index contributed by atoms with van der Waals surface area (Å²) in [6, 6.07) is 3.81. The number of benzene rings is 1. The van der Waals surface area contributed by atoms with E-state index in [1.54, 1.807) is 30.3 Å². The first-order valence-corrected chi connectivity index (χ1v) is 13.2. The van der Waals surface area contributed by atoms with Crippen molar-refractivity contribution in [2.75, 3.05) is 5.75 Å². The standard InChI is InChI=1S/C24H32N4O10S/c1-10(19(33)26-11(2)24(37)38)25-20(34)13(8-12-6-4-3-5-7-12)27-21(35)14-9-39-23-18(32)16(30)15(29)17(31)22(36)28(14)23/h3-7,10-11,13-18,23,29-32H,8-9H2,1-2H3,(H,25,34)(H,26,33)(H,27,35)(H,37,38)/t10-,11-,13-,14-,15-,16-,17-,18+,23+/m0/s1. The molecule has 0 saturated carbocycles. The van der Waals surface area contributed by atoms with E-state index in [2.05, 4.69) is 16.0 Å². The van der Waals surface area contributed by atoms with Crippen molar-refractivity contribution in [1.29, 1.82) is 0 Å². The Kier molecular flexibility index (Phi) is 9.90. The third-order valence-corrected chi connectivity index (χ3v) is 7.91. The fraction of sp³-hybridized carbons (Fsp3) is 0.542. The first-order chi connectivity index (χ1) is 18.3. The Morgan fingerprint density at radius 3 is 2.15 bits per heavy atom. The molecular weight excluding hydrogens is 536 g/mol. The van der Waals surface area contributed by atoms with Crippen LogP contribution in [0.3, 0.4) is 0 Å². The Morgan fingerprint density at radius 1 is 0.923 bits per heavy atom. The van der Waals surface area contributed by atoms with Crippen LogP contribution in [-0.2, 0) is 30.4 Å². The Bertz CT molecular complexity index is 1090. The summed E-state index contributed by atoms with van der Waals surface area (Å²) in [6.45, 7) is 2.60. The van der Waals surface area contributed by atoms with Crippen molar-refractivity contribution < 1.29 is 49.5 Å². The van der Waals surface area contributed by atoms with E-state index in [0.717, 1.165) is 16.7 Å². The van der Waals surface area contributed by atoms with Crippen LogP contribution in [0.4, 0.5) is 0 Å². The lowest BCUT2D eigenvalue weighted by atomic mass is 10.0. The maximum atomic E-state index is 13.3. The number of hydrogen-bond acceptors (Lipinski definition) is 10. The molecule has 39 heavy (non-hydrogen) atoms. The Balaban J connectivity index is 1.78. The van der Waals surface area contributed by atoms with Crippen LogP contribution in [0.5, 0.6) is 0 Å². The van der Waals surface area contributed by atoms with E-state index in [1.807, 2.05) is 0 Å². The van der Waals surface area contributed by atoms with Crippen LogP contribution < -0.4 is 16.0 Å². The van der Waals surface area contributed by atoms with E-state index in [1.165, 1.54) is 13.8 Å². The molecule has 0 aromatic heterocycles. The molecule has 2 aliphatic rings. The summed E-state index contributed by atoms with van der Waals surface area (Å²) < 4.78 is 0. The molecule has 2 saturated heterocycles. The number of nitrogens with zero attached hydrogens (tertiary/aromatic N) is 1. The van der Waals surface area contributed by atoms with Crippen LogP contribution in [0, 0.1) is 0 Å². The van der Waals surface area contributed by atoms with Gasteiger partial charge in [0.2, 0.25) is 17.7 Å². The van der Waals surface area contributed by atoms with Crippen LogP contribution in [0.2, 0.25) is 0 Å². The number of rotatable bonds is 9. The Labute approximate surface area is 227 Å². The van der Waals surface area contributed by atoms with Gasteiger partial charge >= 0.3 is 5.97 Å². The molecular formula is C24H32N4O10S. The fourth-order valence-electron chi connectivity index (χ4n) is 4.23. The number of carbonyl (C=O) groups excluding carboxylic acids is 4. The van der Waals surface area contributed by atoms with Crippen LogP contribution >= 0.6 is 11.8 Å². The van der Waals surface area contributed by atoms with Gasteiger partial charge in [0.05, 0.1) is 0 Å². The van der Waals surface area contributed by atoms with Gasteiger partial charge in [-0.2, -0.15) is 0 Å². The van der Waals surface area contributed by atoms with Crippen molar-refractivity contribution in [3.05, 3.63) is 35.9 Å². The summed E-state index contributed by atoms with van der Waals surface area (Å²) in [5.74, 6) is -4.66. The second-order valence-corrected chi connectivity index (χ2v) is 10.6. The smallest absolute Gasteiger partial charge is 0.325 e. The number of fused-ring (bicyclic) bond motifs is 1. The summed E-state index contributed by atoms with van der Waals surface area (Å²) in [6.07, 6.45) is -7.53. The number of hydrogen-bond donors (Lipinski definition) is 8. The zero-order valence-electron chi connectivity index (χ0n) is 21.1. The predicted octanol–water partition coefficient (Wildman–Crippen LogP) is -3.46. The minimum absolute atomic E-state index is 0.00179. The molecule has 0 radical (unpaired) electrons. The first-order valence-electron chi connectivity index (χ1n) is 12.2. The summed E-state index contributed by atoms with van der Waals surface area (Å²) >= 11 is 0.968. The molecule has 0 spiro atoms. The molecule has 0 unspecified atom stereocenters. The van der Waals surface area contributed by atoms with E-state index in [4.69, 9.17) is 5.11 Å². The van der Waals surface area contributed by atoms with Gasteiger partial charge in [-0.25, -0.2) is 0 Å². The second-order valence-electron chi connectivity index (χ2n) is 9.45. The van der Waals surface area contributed by atoms with E-state index in [-0.39, 0.29) is 12.2 Å².